The Kier molecular flexibility index (Phi) is 4.31. The molecule has 1 N–H and O–H groups in total. The van der Waals surface area contributed by atoms with Crippen LogP contribution in [-0.2, 0) is 0 Å². The van der Waals surface area contributed by atoms with E-state index < -0.39 is 0 Å². The van der Waals surface area contributed by atoms with Gasteiger partial charge in [-0.05, 0) is 35.0 Å². The van der Waals surface area contributed by atoms with E-state index in [0.29, 0.717) is 5.56 Å². The van der Waals surface area contributed by atoms with E-state index in [4.69, 9.17) is 0 Å². The zero-order valence-electron chi connectivity index (χ0n) is 11.7. The second-order valence-electron chi connectivity index (χ2n) is 4.64. The number of anilines is 1. The number of benzene rings is 1. The summed E-state index contributed by atoms with van der Waals surface area (Å²) >= 11 is 4.90. The van der Waals surface area contributed by atoms with Gasteiger partial charge in [-0.1, -0.05) is 18.2 Å². The van der Waals surface area contributed by atoms with E-state index in [2.05, 4.69) is 31.2 Å². The third-order valence-electron chi connectivity index (χ3n) is 3.04. The summed E-state index contributed by atoms with van der Waals surface area (Å²) in [5.41, 5.74) is 3.00. The summed E-state index contributed by atoms with van der Waals surface area (Å²) in [6, 6.07) is 9.37. The van der Waals surface area contributed by atoms with E-state index in [1.54, 1.807) is 23.6 Å². The molecule has 0 radical (unpaired) electrons. The number of hydrogen-bond donors (Lipinski definition) is 1. The van der Waals surface area contributed by atoms with Gasteiger partial charge in [-0.3, -0.25) is 9.78 Å². The van der Waals surface area contributed by atoms with Crippen LogP contribution in [0, 0.1) is 6.92 Å². The maximum atomic E-state index is 12.4. The monoisotopic (exact) mass is 373 g/mol. The van der Waals surface area contributed by atoms with Crippen LogP contribution in [0.5, 0.6) is 0 Å². The molecule has 110 valence electrons. The Hall–Kier alpha value is -2.05. The van der Waals surface area contributed by atoms with Gasteiger partial charge in [0.2, 0.25) is 0 Å². The highest BCUT2D eigenvalue weighted by atomic mass is 79.9. The number of pyridine rings is 1. The summed E-state index contributed by atoms with van der Waals surface area (Å²) < 4.78 is 0.767. The van der Waals surface area contributed by atoms with Crippen molar-refractivity contribution in [2.45, 2.75) is 6.92 Å². The van der Waals surface area contributed by atoms with Crippen molar-refractivity contribution < 1.29 is 4.79 Å². The van der Waals surface area contributed by atoms with Crippen molar-refractivity contribution in [2.24, 2.45) is 0 Å². The molecule has 0 aliphatic carbocycles. The minimum absolute atomic E-state index is 0.201. The number of amides is 1. The molecule has 0 bridgehead atoms. The number of carbonyl (C=O) groups excluding carboxylic acids is 1. The molecule has 4 nitrogen and oxygen atoms in total. The predicted octanol–water partition coefficient (Wildman–Crippen LogP) is 4.53. The number of thiazole rings is 1. The van der Waals surface area contributed by atoms with Gasteiger partial charge in [-0.15, -0.1) is 11.3 Å². The number of aromatic nitrogens is 2. The van der Waals surface area contributed by atoms with Crippen LogP contribution in [0.2, 0.25) is 0 Å². The fraction of sp³-hybridized carbons (Fsp3) is 0.0625. The van der Waals surface area contributed by atoms with Gasteiger partial charge in [-0.25, -0.2) is 4.98 Å². The Labute approximate surface area is 140 Å². The standard InChI is InChI=1S/C16H12BrN3OS/c1-10-19-15(9-22-10)13-4-2-3-5-14(13)20-16(21)11-6-12(17)8-18-7-11/h2-9H,1H3,(H,20,21). The van der Waals surface area contributed by atoms with Crippen LogP contribution >= 0.6 is 27.3 Å². The first-order valence-electron chi connectivity index (χ1n) is 6.57. The van der Waals surface area contributed by atoms with Gasteiger partial charge >= 0.3 is 0 Å². The van der Waals surface area contributed by atoms with E-state index >= 15 is 0 Å². The molecule has 1 amide bonds. The molecule has 6 heteroatoms. The Balaban J connectivity index is 1.91. The quantitative estimate of drug-likeness (QED) is 0.733. The second kappa shape index (κ2) is 6.37. The number of para-hydroxylation sites is 1. The summed E-state index contributed by atoms with van der Waals surface area (Å²) in [5, 5.41) is 5.91. The Morgan fingerprint density at radius 2 is 2.09 bits per heavy atom. The smallest absolute Gasteiger partial charge is 0.257 e. The van der Waals surface area contributed by atoms with Crippen LogP contribution in [-0.4, -0.2) is 15.9 Å². The maximum absolute atomic E-state index is 12.4. The number of rotatable bonds is 3. The van der Waals surface area contributed by atoms with Crippen molar-refractivity contribution in [3.05, 3.63) is 63.1 Å². The lowest BCUT2D eigenvalue weighted by Crippen LogP contribution is -2.13. The van der Waals surface area contributed by atoms with Crippen molar-refractivity contribution in [3.8, 4) is 11.3 Å². The van der Waals surface area contributed by atoms with Gasteiger partial charge in [0.15, 0.2) is 0 Å². The van der Waals surface area contributed by atoms with E-state index in [1.165, 1.54) is 6.20 Å². The zero-order valence-corrected chi connectivity index (χ0v) is 14.1. The summed E-state index contributed by atoms with van der Waals surface area (Å²) in [4.78, 5) is 20.9. The minimum atomic E-state index is -0.201. The second-order valence-corrected chi connectivity index (χ2v) is 6.62. The minimum Gasteiger partial charge on any atom is -0.321 e. The Bertz CT molecular complexity index is 832. The molecule has 0 saturated carbocycles. The highest BCUT2D eigenvalue weighted by molar-refractivity contribution is 9.10. The van der Waals surface area contributed by atoms with Crippen LogP contribution in [0.25, 0.3) is 11.3 Å². The molecule has 3 aromatic rings. The largest absolute Gasteiger partial charge is 0.321 e. The zero-order chi connectivity index (χ0) is 15.5. The molecule has 0 unspecified atom stereocenters. The average molecular weight is 374 g/mol. The first-order valence-corrected chi connectivity index (χ1v) is 8.24. The molecule has 0 aliphatic rings. The van der Waals surface area contributed by atoms with Crippen LogP contribution in [0.15, 0.2) is 52.6 Å². The van der Waals surface area contributed by atoms with Crippen molar-refractivity contribution in [3.63, 3.8) is 0 Å². The molecule has 2 aromatic heterocycles. The molecule has 1 aromatic carbocycles. The molecule has 0 saturated heterocycles. The molecule has 0 atom stereocenters. The fourth-order valence-corrected chi connectivity index (χ4v) is 3.01. The molecule has 3 rings (SSSR count). The van der Waals surface area contributed by atoms with Crippen molar-refractivity contribution >= 4 is 38.9 Å². The van der Waals surface area contributed by atoms with E-state index in [9.17, 15) is 4.79 Å². The summed E-state index contributed by atoms with van der Waals surface area (Å²) in [6.07, 6.45) is 3.18. The Morgan fingerprint density at radius 1 is 1.27 bits per heavy atom. The fourth-order valence-electron chi connectivity index (χ4n) is 2.03. The summed E-state index contributed by atoms with van der Waals surface area (Å²) in [7, 11) is 0. The van der Waals surface area contributed by atoms with Gasteiger partial charge < -0.3 is 5.32 Å². The highest BCUT2D eigenvalue weighted by Crippen LogP contribution is 2.29. The molecule has 22 heavy (non-hydrogen) atoms. The molecular formula is C16H12BrN3OS. The van der Waals surface area contributed by atoms with Gasteiger partial charge in [-0.2, -0.15) is 0 Å². The number of hydrogen-bond acceptors (Lipinski definition) is 4. The average Bonchev–Trinajstić information content (AvgIpc) is 2.94. The van der Waals surface area contributed by atoms with Crippen molar-refractivity contribution in [2.75, 3.05) is 5.32 Å². The maximum Gasteiger partial charge on any atom is 0.257 e. The van der Waals surface area contributed by atoms with E-state index in [1.807, 2.05) is 36.6 Å². The molecule has 0 aliphatic heterocycles. The van der Waals surface area contributed by atoms with E-state index in [0.717, 1.165) is 26.4 Å². The first kappa shape index (κ1) is 14.9. The van der Waals surface area contributed by atoms with Crippen LogP contribution in [0.3, 0.4) is 0 Å². The summed E-state index contributed by atoms with van der Waals surface area (Å²) in [6.45, 7) is 1.96. The number of aryl methyl sites for hydroxylation is 1. The topological polar surface area (TPSA) is 54.9 Å². The third kappa shape index (κ3) is 3.23. The van der Waals surface area contributed by atoms with Gasteiger partial charge in [0.05, 0.1) is 22.0 Å². The Morgan fingerprint density at radius 3 is 2.82 bits per heavy atom. The van der Waals surface area contributed by atoms with Gasteiger partial charge in [0, 0.05) is 27.8 Å². The van der Waals surface area contributed by atoms with Gasteiger partial charge in [0.25, 0.3) is 5.91 Å². The summed E-state index contributed by atoms with van der Waals surface area (Å²) in [5.74, 6) is -0.201. The van der Waals surface area contributed by atoms with Crippen molar-refractivity contribution in [1.29, 1.82) is 0 Å². The normalized spacial score (nSPS) is 10.5. The number of nitrogens with one attached hydrogen (secondary N) is 1. The molecular weight excluding hydrogens is 362 g/mol. The van der Waals surface area contributed by atoms with Gasteiger partial charge in [0.1, 0.15) is 0 Å². The predicted molar refractivity (Wildman–Crippen MR) is 92.2 cm³/mol. The SMILES string of the molecule is Cc1nc(-c2ccccc2NC(=O)c2cncc(Br)c2)cs1. The lowest BCUT2D eigenvalue weighted by Gasteiger charge is -2.09. The van der Waals surface area contributed by atoms with Crippen molar-refractivity contribution in [1.82, 2.24) is 9.97 Å². The van der Waals surface area contributed by atoms with Crippen LogP contribution in [0.4, 0.5) is 5.69 Å². The third-order valence-corrected chi connectivity index (χ3v) is 4.24. The highest BCUT2D eigenvalue weighted by Gasteiger charge is 2.12. The number of carbonyl (C=O) groups is 1. The van der Waals surface area contributed by atoms with Crippen LogP contribution in [0.1, 0.15) is 15.4 Å². The molecule has 2 heterocycles. The molecule has 0 spiro atoms. The number of halogens is 1. The molecule has 0 fully saturated rings. The first-order chi connectivity index (χ1) is 10.6. The lowest BCUT2D eigenvalue weighted by molar-refractivity contribution is 0.102. The number of nitrogens with zero attached hydrogens (tertiary/aromatic N) is 2. The lowest BCUT2D eigenvalue weighted by atomic mass is 10.1. The van der Waals surface area contributed by atoms with Crippen LogP contribution < -0.4 is 5.32 Å². The van der Waals surface area contributed by atoms with E-state index in [-0.39, 0.29) is 5.91 Å².